The van der Waals surface area contributed by atoms with Crippen molar-refractivity contribution in [3.8, 4) is 0 Å². The molecule has 0 radical (unpaired) electrons. The number of benzene rings is 1. The highest BCUT2D eigenvalue weighted by molar-refractivity contribution is 9.10. The van der Waals surface area contributed by atoms with Crippen LogP contribution in [0.25, 0.3) is 0 Å². The minimum absolute atomic E-state index is 0.317. The zero-order valence-electron chi connectivity index (χ0n) is 8.05. The Morgan fingerprint density at radius 3 is 2.77 bits per heavy atom. The molecule has 1 nitrogen and oxygen atoms in total. The van der Waals surface area contributed by atoms with Gasteiger partial charge < -0.3 is 5.11 Å². The summed E-state index contributed by atoms with van der Waals surface area (Å²) in [4.78, 5) is 0. The molecule has 0 unspecified atom stereocenters. The minimum atomic E-state index is -0.317. The summed E-state index contributed by atoms with van der Waals surface area (Å²) in [5.74, 6) is 0. The average molecular weight is 243 g/mol. The van der Waals surface area contributed by atoms with Crippen LogP contribution in [-0.2, 0) is 0 Å². The summed E-state index contributed by atoms with van der Waals surface area (Å²) in [7, 11) is 0. The number of aliphatic hydroxyl groups is 1. The van der Waals surface area contributed by atoms with E-state index in [0.717, 1.165) is 28.4 Å². The van der Waals surface area contributed by atoms with E-state index in [1.54, 1.807) is 0 Å². The lowest BCUT2D eigenvalue weighted by molar-refractivity contribution is 0.165. The van der Waals surface area contributed by atoms with Crippen LogP contribution in [0.15, 0.2) is 22.7 Å². The number of hydrogen-bond acceptors (Lipinski definition) is 1. The highest BCUT2D eigenvalue weighted by atomic mass is 79.9. The van der Waals surface area contributed by atoms with Gasteiger partial charge in [-0.1, -0.05) is 41.4 Å². The minimum Gasteiger partial charge on any atom is -0.388 e. The van der Waals surface area contributed by atoms with Crippen LogP contribution in [-0.4, -0.2) is 5.11 Å². The van der Waals surface area contributed by atoms with E-state index in [1.807, 2.05) is 25.1 Å². The maximum atomic E-state index is 9.80. The highest BCUT2D eigenvalue weighted by Gasteiger charge is 2.10. The lowest BCUT2D eigenvalue weighted by Gasteiger charge is -2.13. The van der Waals surface area contributed by atoms with Gasteiger partial charge in [-0.25, -0.2) is 0 Å². The van der Waals surface area contributed by atoms with Crippen LogP contribution in [0.5, 0.6) is 0 Å². The molecule has 2 heteroatoms. The molecule has 0 aliphatic rings. The van der Waals surface area contributed by atoms with E-state index in [0.29, 0.717) is 0 Å². The molecule has 1 N–H and O–H groups in total. The molecule has 0 saturated heterocycles. The Kier molecular flexibility index (Phi) is 3.94. The standard InChI is InChI=1S/C11H15BrO/c1-3-5-11(13)9-6-4-7-10(12)8(9)2/h4,6-7,11,13H,3,5H2,1-2H3/t11-/m0/s1. The van der Waals surface area contributed by atoms with Gasteiger partial charge >= 0.3 is 0 Å². The largest absolute Gasteiger partial charge is 0.388 e. The van der Waals surface area contributed by atoms with Gasteiger partial charge in [0.25, 0.3) is 0 Å². The third-order valence-corrected chi connectivity index (χ3v) is 3.09. The van der Waals surface area contributed by atoms with Crippen molar-refractivity contribution in [1.29, 1.82) is 0 Å². The van der Waals surface area contributed by atoms with E-state index >= 15 is 0 Å². The molecule has 13 heavy (non-hydrogen) atoms. The van der Waals surface area contributed by atoms with Crippen molar-refractivity contribution in [2.45, 2.75) is 32.8 Å². The molecule has 0 aliphatic carbocycles. The fourth-order valence-corrected chi connectivity index (χ4v) is 1.80. The molecule has 1 atom stereocenters. The Hall–Kier alpha value is -0.340. The van der Waals surface area contributed by atoms with Crippen LogP contribution in [0.4, 0.5) is 0 Å². The smallest absolute Gasteiger partial charge is 0.0792 e. The summed E-state index contributed by atoms with van der Waals surface area (Å²) in [6.45, 7) is 4.11. The van der Waals surface area contributed by atoms with Gasteiger partial charge in [-0.2, -0.15) is 0 Å². The predicted octanol–water partition coefficient (Wildman–Crippen LogP) is 3.59. The number of rotatable bonds is 3. The van der Waals surface area contributed by atoms with E-state index in [1.165, 1.54) is 0 Å². The second kappa shape index (κ2) is 4.77. The third kappa shape index (κ3) is 2.55. The number of hydrogen-bond donors (Lipinski definition) is 1. The van der Waals surface area contributed by atoms with Crippen LogP contribution in [0, 0.1) is 6.92 Å². The average Bonchev–Trinajstić information content (AvgIpc) is 2.10. The van der Waals surface area contributed by atoms with Gasteiger partial charge in [-0.15, -0.1) is 0 Å². The van der Waals surface area contributed by atoms with Crippen LogP contribution in [0.3, 0.4) is 0 Å². The van der Waals surface area contributed by atoms with E-state index in [9.17, 15) is 5.11 Å². The number of aliphatic hydroxyl groups excluding tert-OH is 1. The monoisotopic (exact) mass is 242 g/mol. The van der Waals surface area contributed by atoms with Gasteiger partial charge in [0.1, 0.15) is 0 Å². The maximum Gasteiger partial charge on any atom is 0.0792 e. The van der Waals surface area contributed by atoms with Gasteiger partial charge in [-0.3, -0.25) is 0 Å². The van der Waals surface area contributed by atoms with E-state index in [4.69, 9.17) is 0 Å². The summed E-state index contributed by atoms with van der Waals surface area (Å²) < 4.78 is 1.07. The molecule has 0 saturated carbocycles. The first-order valence-corrected chi connectivity index (χ1v) is 5.39. The molecule has 0 fully saturated rings. The van der Waals surface area contributed by atoms with Crippen LogP contribution in [0.1, 0.15) is 37.0 Å². The molecule has 1 aromatic rings. The normalized spacial score (nSPS) is 12.9. The van der Waals surface area contributed by atoms with Crippen molar-refractivity contribution >= 4 is 15.9 Å². The Bertz CT molecular complexity index is 283. The Labute approximate surface area is 87.9 Å². The van der Waals surface area contributed by atoms with Crippen LogP contribution in [0.2, 0.25) is 0 Å². The first-order valence-electron chi connectivity index (χ1n) is 4.60. The maximum absolute atomic E-state index is 9.80. The van der Waals surface area contributed by atoms with Crippen molar-refractivity contribution in [3.63, 3.8) is 0 Å². The molecule has 1 rings (SSSR count). The van der Waals surface area contributed by atoms with Crippen molar-refractivity contribution in [3.05, 3.63) is 33.8 Å². The molecule has 1 aromatic carbocycles. The van der Waals surface area contributed by atoms with Gasteiger partial charge in [0.05, 0.1) is 6.10 Å². The zero-order chi connectivity index (χ0) is 9.84. The van der Waals surface area contributed by atoms with E-state index in [2.05, 4.69) is 22.9 Å². The van der Waals surface area contributed by atoms with Crippen molar-refractivity contribution < 1.29 is 5.11 Å². The molecule has 0 spiro atoms. The van der Waals surface area contributed by atoms with Gasteiger partial charge in [0.15, 0.2) is 0 Å². The second-order valence-corrected chi connectivity index (χ2v) is 4.11. The lowest BCUT2D eigenvalue weighted by atomic mass is 10.0. The first-order chi connectivity index (χ1) is 6.16. The quantitative estimate of drug-likeness (QED) is 0.860. The van der Waals surface area contributed by atoms with Gasteiger partial charge in [-0.05, 0) is 30.5 Å². The molecule has 0 amide bonds. The molecular weight excluding hydrogens is 228 g/mol. The molecule has 0 aliphatic heterocycles. The summed E-state index contributed by atoms with van der Waals surface area (Å²) >= 11 is 3.45. The topological polar surface area (TPSA) is 20.2 Å². The summed E-state index contributed by atoms with van der Waals surface area (Å²) in [5.41, 5.74) is 2.18. The highest BCUT2D eigenvalue weighted by Crippen LogP contribution is 2.26. The Morgan fingerprint density at radius 1 is 1.46 bits per heavy atom. The molecule has 0 aromatic heterocycles. The molecule has 0 heterocycles. The summed E-state index contributed by atoms with van der Waals surface area (Å²) in [5, 5.41) is 9.80. The molecule has 72 valence electrons. The Balaban J connectivity index is 2.93. The fraction of sp³-hybridized carbons (Fsp3) is 0.455. The SMILES string of the molecule is CCC[C@H](O)c1cccc(Br)c1C. The third-order valence-electron chi connectivity index (χ3n) is 2.23. The van der Waals surface area contributed by atoms with Gasteiger partial charge in [0.2, 0.25) is 0 Å². The van der Waals surface area contributed by atoms with E-state index < -0.39 is 0 Å². The van der Waals surface area contributed by atoms with Gasteiger partial charge in [0, 0.05) is 4.47 Å². The summed E-state index contributed by atoms with van der Waals surface area (Å²) in [6.07, 6.45) is 1.52. The summed E-state index contributed by atoms with van der Waals surface area (Å²) in [6, 6.07) is 5.95. The molecular formula is C11H15BrO. The predicted molar refractivity (Wildman–Crippen MR) is 58.7 cm³/mol. The number of halogens is 1. The lowest BCUT2D eigenvalue weighted by Crippen LogP contribution is -1.99. The second-order valence-electron chi connectivity index (χ2n) is 3.26. The fourth-order valence-electron chi connectivity index (χ4n) is 1.41. The van der Waals surface area contributed by atoms with Crippen LogP contribution < -0.4 is 0 Å². The van der Waals surface area contributed by atoms with Crippen molar-refractivity contribution in [2.75, 3.05) is 0 Å². The van der Waals surface area contributed by atoms with E-state index in [-0.39, 0.29) is 6.10 Å². The van der Waals surface area contributed by atoms with Crippen molar-refractivity contribution in [2.24, 2.45) is 0 Å². The zero-order valence-corrected chi connectivity index (χ0v) is 9.63. The Morgan fingerprint density at radius 2 is 2.15 bits per heavy atom. The first kappa shape index (κ1) is 10.7. The van der Waals surface area contributed by atoms with Crippen LogP contribution >= 0.6 is 15.9 Å². The molecule has 0 bridgehead atoms. The van der Waals surface area contributed by atoms with Crippen molar-refractivity contribution in [1.82, 2.24) is 0 Å².